The number of nitriles is 1. The van der Waals surface area contributed by atoms with Gasteiger partial charge in [-0.25, -0.2) is 8.42 Å². The molecule has 0 saturated heterocycles. The Morgan fingerprint density at radius 1 is 1.00 bits per heavy atom. The standard InChI is InChI=1S/C25H18ClN3O3S/c26-18-12-10-17(11-13-18)22-20(14-27)25(28)32-23-19-8-4-5-9-21(19)29(33(30,31)24(22)23)15-16-6-2-1-3-7-16/h1-13,22H,15,28H2/t22-/m1/s1. The molecular weight excluding hydrogens is 458 g/mol. The quantitative estimate of drug-likeness (QED) is 0.583. The molecule has 2 heterocycles. The summed E-state index contributed by atoms with van der Waals surface area (Å²) in [5.41, 5.74) is 8.66. The highest BCUT2D eigenvalue weighted by Gasteiger charge is 2.47. The summed E-state index contributed by atoms with van der Waals surface area (Å²) in [6, 6.07) is 25.2. The Morgan fingerprint density at radius 2 is 1.67 bits per heavy atom. The Hall–Kier alpha value is -3.73. The number of nitrogens with zero attached hydrogens (tertiary/aromatic N) is 2. The molecule has 33 heavy (non-hydrogen) atoms. The fourth-order valence-corrected chi connectivity index (χ4v) is 6.26. The van der Waals surface area contributed by atoms with Crippen LogP contribution in [-0.4, -0.2) is 8.42 Å². The maximum atomic E-state index is 14.1. The minimum absolute atomic E-state index is 0.00907. The van der Waals surface area contributed by atoms with Crippen LogP contribution in [0.4, 0.5) is 5.69 Å². The molecule has 0 radical (unpaired) electrons. The monoisotopic (exact) mass is 475 g/mol. The van der Waals surface area contributed by atoms with Gasteiger partial charge in [0.2, 0.25) is 5.88 Å². The highest BCUT2D eigenvalue weighted by Crippen LogP contribution is 2.51. The van der Waals surface area contributed by atoms with Crippen LogP contribution in [0.2, 0.25) is 5.02 Å². The van der Waals surface area contributed by atoms with E-state index in [1.807, 2.05) is 36.4 Å². The van der Waals surface area contributed by atoms with Crippen molar-refractivity contribution in [2.24, 2.45) is 5.73 Å². The molecule has 0 aliphatic carbocycles. The normalized spacial score (nSPS) is 18.8. The van der Waals surface area contributed by atoms with E-state index in [0.29, 0.717) is 21.8 Å². The van der Waals surface area contributed by atoms with Gasteiger partial charge in [-0.1, -0.05) is 66.2 Å². The zero-order chi connectivity index (χ0) is 23.2. The summed E-state index contributed by atoms with van der Waals surface area (Å²) in [5, 5.41) is 10.4. The summed E-state index contributed by atoms with van der Waals surface area (Å²) in [6.07, 6.45) is 0. The lowest BCUT2D eigenvalue weighted by Gasteiger charge is -2.38. The van der Waals surface area contributed by atoms with Crippen LogP contribution in [0, 0.1) is 11.3 Å². The number of fused-ring (bicyclic) bond motifs is 2. The largest absolute Gasteiger partial charge is 0.439 e. The Morgan fingerprint density at radius 3 is 2.36 bits per heavy atom. The van der Waals surface area contributed by atoms with Crippen molar-refractivity contribution < 1.29 is 13.2 Å². The van der Waals surface area contributed by atoms with Crippen molar-refractivity contribution >= 4 is 33.1 Å². The molecule has 0 spiro atoms. The predicted octanol–water partition coefficient (Wildman–Crippen LogP) is 4.87. The van der Waals surface area contributed by atoms with Crippen LogP contribution < -0.4 is 10.0 Å². The Bertz CT molecular complexity index is 1460. The highest BCUT2D eigenvalue weighted by molar-refractivity contribution is 7.96. The van der Waals surface area contributed by atoms with Crippen LogP contribution in [0.3, 0.4) is 0 Å². The first-order chi connectivity index (χ1) is 15.9. The van der Waals surface area contributed by atoms with Gasteiger partial charge in [0.1, 0.15) is 16.5 Å². The molecule has 2 aliphatic rings. The molecule has 2 aliphatic heterocycles. The molecule has 8 heteroatoms. The van der Waals surface area contributed by atoms with Gasteiger partial charge < -0.3 is 10.5 Å². The van der Waals surface area contributed by atoms with Gasteiger partial charge >= 0.3 is 0 Å². The van der Waals surface area contributed by atoms with Crippen LogP contribution in [0.5, 0.6) is 0 Å². The lowest BCUT2D eigenvalue weighted by molar-refractivity contribution is 0.357. The number of nitrogens with two attached hydrogens (primary N) is 1. The van der Waals surface area contributed by atoms with E-state index < -0.39 is 15.9 Å². The zero-order valence-corrected chi connectivity index (χ0v) is 18.8. The first-order valence-electron chi connectivity index (χ1n) is 10.1. The second-order valence-corrected chi connectivity index (χ2v) is 9.95. The maximum absolute atomic E-state index is 14.1. The van der Waals surface area contributed by atoms with E-state index in [1.165, 1.54) is 4.31 Å². The van der Waals surface area contributed by atoms with Crippen molar-refractivity contribution in [2.45, 2.75) is 12.5 Å². The van der Waals surface area contributed by atoms with Crippen molar-refractivity contribution in [1.29, 1.82) is 5.26 Å². The predicted molar refractivity (Wildman–Crippen MR) is 127 cm³/mol. The summed E-state index contributed by atoms with van der Waals surface area (Å²) in [5.74, 6) is -0.892. The molecule has 0 fully saturated rings. The first-order valence-corrected chi connectivity index (χ1v) is 12.0. The van der Waals surface area contributed by atoms with Crippen molar-refractivity contribution in [1.82, 2.24) is 0 Å². The number of para-hydroxylation sites is 1. The van der Waals surface area contributed by atoms with Gasteiger partial charge in [-0.05, 0) is 35.4 Å². The van der Waals surface area contributed by atoms with Crippen LogP contribution in [0.15, 0.2) is 95.2 Å². The second kappa shape index (κ2) is 8.00. The van der Waals surface area contributed by atoms with E-state index >= 15 is 0 Å². The summed E-state index contributed by atoms with van der Waals surface area (Å²) in [7, 11) is -4.10. The molecule has 0 aromatic heterocycles. The topological polar surface area (TPSA) is 96.4 Å². The Balaban J connectivity index is 1.77. The van der Waals surface area contributed by atoms with Crippen molar-refractivity contribution in [2.75, 3.05) is 4.31 Å². The lowest BCUT2D eigenvalue weighted by Crippen LogP contribution is -2.39. The molecule has 0 unspecified atom stereocenters. The van der Waals surface area contributed by atoms with Crippen molar-refractivity contribution in [3.05, 3.63) is 117 Å². The average molecular weight is 476 g/mol. The molecule has 0 amide bonds. The minimum atomic E-state index is -4.10. The number of sulfonamides is 1. The molecule has 0 bridgehead atoms. The van der Waals surface area contributed by atoms with Gasteiger partial charge in [0.05, 0.1) is 18.2 Å². The van der Waals surface area contributed by atoms with Gasteiger partial charge in [-0.15, -0.1) is 0 Å². The minimum Gasteiger partial charge on any atom is -0.439 e. The molecule has 2 N–H and O–H groups in total. The number of rotatable bonds is 3. The van der Waals surface area contributed by atoms with Gasteiger partial charge in [0.15, 0.2) is 5.76 Å². The van der Waals surface area contributed by atoms with E-state index in [-0.39, 0.29) is 28.7 Å². The lowest BCUT2D eigenvalue weighted by atomic mass is 9.88. The Labute approximate surface area is 196 Å². The Kier molecular flexibility index (Phi) is 5.12. The third kappa shape index (κ3) is 3.44. The van der Waals surface area contributed by atoms with Crippen LogP contribution in [-0.2, 0) is 21.3 Å². The van der Waals surface area contributed by atoms with E-state index in [9.17, 15) is 13.7 Å². The van der Waals surface area contributed by atoms with Crippen molar-refractivity contribution in [3.63, 3.8) is 0 Å². The molecule has 3 aromatic rings. The third-order valence-electron chi connectivity index (χ3n) is 5.73. The summed E-state index contributed by atoms with van der Waals surface area (Å²) < 4.78 is 35.4. The number of halogens is 1. The van der Waals surface area contributed by atoms with Gasteiger partial charge in [-0.3, -0.25) is 4.31 Å². The molecule has 0 saturated carbocycles. The SMILES string of the molecule is N#CC1=C(N)OC2=C([C@@H]1c1ccc(Cl)cc1)S(=O)(=O)N(Cc1ccccc1)c1ccccc12. The van der Waals surface area contributed by atoms with Crippen molar-refractivity contribution in [3.8, 4) is 6.07 Å². The summed E-state index contributed by atoms with van der Waals surface area (Å²) in [4.78, 5) is -0.00907. The molecular formula is C25H18ClN3O3S. The number of anilines is 1. The summed E-state index contributed by atoms with van der Waals surface area (Å²) >= 11 is 6.06. The third-order valence-corrected chi connectivity index (χ3v) is 7.87. The number of allylic oxidation sites excluding steroid dienone is 2. The van der Waals surface area contributed by atoms with E-state index in [1.54, 1.807) is 42.5 Å². The number of hydrogen-bond acceptors (Lipinski definition) is 5. The first kappa shape index (κ1) is 21.1. The van der Waals surface area contributed by atoms with E-state index in [4.69, 9.17) is 22.1 Å². The van der Waals surface area contributed by atoms with Gasteiger partial charge in [-0.2, -0.15) is 5.26 Å². The zero-order valence-electron chi connectivity index (χ0n) is 17.3. The second-order valence-electron chi connectivity index (χ2n) is 7.68. The molecule has 1 atom stereocenters. The number of ether oxygens (including phenoxy) is 1. The number of hydrogen-bond donors (Lipinski definition) is 1. The average Bonchev–Trinajstić information content (AvgIpc) is 2.82. The maximum Gasteiger partial charge on any atom is 0.265 e. The van der Waals surface area contributed by atoms with Crippen LogP contribution in [0.25, 0.3) is 5.76 Å². The number of benzene rings is 3. The van der Waals surface area contributed by atoms with Crippen LogP contribution in [0.1, 0.15) is 22.6 Å². The fourth-order valence-electron chi connectivity index (χ4n) is 4.22. The van der Waals surface area contributed by atoms with E-state index in [0.717, 1.165) is 5.56 Å². The van der Waals surface area contributed by atoms with Gasteiger partial charge in [0.25, 0.3) is 10.0 Å². The molecule has 3 aromatic carbocycles. The molecule has 5 rings (SSSR count). The smallest absolute Gasteiger partial charge is 0.265 e. The molecule has 6 nitrogen and oxygen atoms in total. The highest BCUT2D eigenvalue weighted by atomic mass is 35.5. The molecule has 164 valence electrons. The summed E-state index contributed by atoms with van der Waals surface area (Å²) in [6.45, 7) is 0.130. The van der Waals surface area contributed by atoms with Gasteiger partial charge in [0, 0.05) is 10.6 Å². The fraction of sp³-hybridized carbons (Fsp3) is 0.0800. The van der Waals surface area contributed by atoms with Crippen LogP contribution >= 0.6 is 11.6 Å². The van der Waals surface area contributed by atoms with E-state index in [2.05, 4.69) is 6.07 Å².